The van der Waals surface area contributed by atoms with E-state index in [1.807, 2.05) is 24.3 Å². The van der Waals surface area contributed by atoms with E-state index in [-0.39, 0.29) is 11.6 Å². The van der Waals surface area contributed by atoms with Crippen molar-refractivity contribution < 1.29 is 14.7 Å². The van der Waals surface area contributed by atoms with Gasteiger partial charge in [0, 0.05) is 11.9 Å². The first-order chi connectivity index (χ1) is 10.0. The molecule has 0 aliphatic heterocycles. The van der Waals surface area contributed by atoms with E-state index in [2.05, 4.69) is 17.3 Å². The molecule has 0 aliphatic rings. The summed E-state index contributed by atoms with van der Waals surface area (Å²) in [5.74, 6) is -1.43. The molecule has 1 heterocycles. The highest BCUT2D eigenvalue weighted by Gasteiger charge is 2.21. The van der Waals surface area contributed by atoms with Gasteiger partial charge in [0.15, 0.2) is 0 Å². The molecule has 0 spiro atoms. The van der Waals surface area contributed by atoms with Gasteiger partial charge in [0.05, 0.1) is 0 Å². The third kappa shape index (κ3) is 3.28. The van der Waals surface area contributed by atoms with Crippen LogP contribution in [0, 0.1) is 0 Å². The number of carboxylic acids is 1. The minimum atomic E-state index is -1.11. The van der Waals surface area contributed by atoms with Gasteiger partial charge in [0.1, 0.15) is 11.7 Å². The largest absolute Gasteiger partial charge is 0.477 e. The number of anilines is 1. The second kappa shape index (κ2) is 6.21. The average Bonchev–Trinajstić information content (AvgIpc) is 2.96. The third-order valence-corrected chi connectivity index (χ3v) is 3.27. The van der Waals surface area contributed by atoms with Crippen molar-refractivity contribution in [3.8, 4) is 0 Å². The van der Waals surface area contributed by atoms with Crippen molar-refractivity contribution in [3.05, 3.63) is 47.8 Å². The zero-order valence-electron chi connectivity index (χ0n) is 11.9. The van der Waals surface area contributed by atoms with Crippen LogP contribution in [-0.4, -0.2) is 26.8 Å². The lowest BCUT2D eigenvalue weighted by Crippen LogP contribution is -2.26. The molecule has 0 radical (unpaired) electrons. The molecule has 6 heteroatoms. The van der Waals surface area contributed by atoms with Gasteiger partial charge in [-0.1, -0.05) is 19.1 Å². The van der Waals surface area contributed by atoms with Gasteiger partial charge in [0.25, 0.3) is 0 Å². The van der Waals surface area contributed by atoms with Crippen LogP contribution in [0.3, 0.4) is 0 Å². The number of carbonyl (C=O) groups is 2. The van der Waals surface area contributed by atoms with E-state index in [9.17, 15) is 9.59 Å². The Balaban J connectivity index is 2.11. The number of benzene rings is 1. The molecule has 1 amide bonds. The number of carbonyl (C=O) groups excluding carboxylic acids is 1. The molecule has 2 aromatic rings. The first kappa shape index (κ1) is 14.8. The predicted octanol–water partition coefficient (Wildman–Crippen LogP) is 2.34. The van der Waals surface area contributed by atoms with Crippen LogP contribution in [-0.2, 0) is 11.2 Å². The van der Waals surface area contributed by atoms with Crippen LogP contribution in [0.4, 0.5) is 5.69 Å². The lowest BCUT2D eigenvalue weighted by Gasteiger charge is -2.14. The molecule has 0 saturated carbocycles. The van der Waals surface area contributed by atoms with Crippen LogP contribution in [0.1, 0.15) is 35.9 Å². The highest BCUT2D eigenvalue weighted by molar-refractivity contribution is 5.94. The van der Waals surface area contributed by atoms with E-state index in [0.717, 1.165) is 6.42 Å². The fraction of sp³-hybridized carbons (Fsp3) is 0.267. The van der Waals surface area contributed by atoms with E-state index < -0.39 is 12.0 Å². The smallest absolute Gasteiger partial charge is 0.354 e. The SMILES string of the molecule is CCc1ccc(NC(=O)C(C)n2nccc2C(=O)O)cc1. The first-order valence-corrected chi connectivity index (χ1v) is 6.69. The van der Waals surface area contributed by atoms with Crippen molar-refractivity contribution in [2.45, 2.75) is 26.3 Å². The molecule has 1 aromatic carbocycles. The predicted molar refractivity (Wildman–Crippen MR) is 78.3 cm³/mol. The zero-order valence-corrected chi connectivity index (χ0v) is 11.9. The van der Waals surface area contributed by atoms with Crippen LogP contribution >= 0.6 is 0 Å². The third-order valence-electron chi connectivity index (χ3n) is 3.27. The summed E-state index contributed by atoms with van der Waals surface area (Å²) in [6.07, 6.45) is 2.29. The maximum absolute atomic E-state index is 12.2. The number of hydrogen-bond acceptors (Lipinski definition) is 3. The highest BCUT2D eigenvalue weighted by atomic mass is 16.4. The van der Waals surface area contributed by atoms with Crippen molar-refractivity contribution in [1.82, 2.24) is 9.78 Å². The molecule has 1 unspecified atom stereocenters. The number of amides is 1. The summed E-state index contributed by atoms with van der Waals surface area (Å²) in [5, 5.41) is 15.7. The highest BCUT2D eigenvalue weighted by Crippen LogP contribution is 2.14. The summed E-state index contributed by atoms with van der Waals surface area (Å²) in [7, 11) is 0. The number of nitrogens with one attached hydrogen (secondary N) is 1. The normalized spacial score (nSPS) is 11.9. The summed E-state index contributed by atoms with van der Waals surface area (Å²) in [6, 6.07) is 8.18. The Bertz CT molecular complexity index is 646. The Morgan fingerprint density at radius 2 is 1.95 bits per heavy atom. The van der Waals surface area contributed by atoms with E-state index in [1.165, 1.54) is 22.5 Å². The van der Waals surface area contributed by atoms with Crippen LogP contribution in [0.25, 0.3) is 0 Å². The Kier molecular flexibility index (Phi) is 4.37. The molecule has 0 saturated heterocycles. The summed E-state index contributed by atoms with van der Waals surface area (Å²) in [6.45, 7) is 3.66. The van der Waals surface area contributed by atoms with E-state index in [1.54, 1.807) is 6.92 Å². The van der Waals surface area contributed by atoms with Crippen molar-refractivity contribution in [3.63, 3.8) is 0 Å². The maximum Gasteiger partial charge on any atom is 0.354 e. The Morgan fingerprint density at radius 1 is 1.29 bits per heavy atom. The van der Waals surface area contributed by atoms with Crippen molar-refractivity contribution in [1.29, 1.82) is 0 Å². The van der Waals surface area contributed by atoms with Gasteiger partial charge in [-0.25, -0.2) is 9.48 Å². The minimum Gasteiger partial charge on any atom is -0.477 e. The number of hydrogen-bond donors (Lipinski definition) is 2. The fourth-order valence-electron chi connectivity index (χ4n) is 1.97. The number of carboxylic acid groups (broad SMARTS) is 1. The van der Waals surface area contributed by atoms with E-state index in [4.69, 9.17) is 5.11 Å². The molecule has 6 nitrogen and oxygen atoms in total. The number of aromatic nitrogens is 2. The zero-order chi connectivity index (χ0) is 15.4. The molecule has 2 rings (SSSR count). The fourth-order valence-corrected chi connectivity index (χ4v) is 1.97. The first-order valence-electron chi connectivity index (χ1n) is 6.69. The van der Waals surface area contributed by atoms with Gasteiger partial charge in [-0.05, 0) is 37.1 Å². The second-order valence-electron chi connectivity index (χ2n) is 4.68. The van der Waals surface area contributed by atoms with E-state index >= 15 is 0 Å². The van der Waals surface area contributed by atoms with Crippen molar-refractivity contribution in [2.75, 3.05) is 5.32 Å². The summed E-state index contributed by atoms with van der Waals surface area (Å²) in [5.41, 5.74) is 1.84. The minimum absolute atomic E-state index is 0.0148. The lowest BCUT2D eigenvalue weighted by atomic mass is 10.1. The van der Waals surface area contributed by atoms with Gasteiger partial charge in [-0.15, -0.1) is 0 Å². The Morgan fingerprint density at radius 3 is 2.52 bits per heavy atom. The maximum atomic E-state index is 12.2. The molecule has 0 aliphatic carbocycles. The molecule has 21 heavy (non-hydrogen) atoms. The monoisotopic (exact) mass is 287 g/mol. The molecule has 2 N–H and O–H groups in total. The summed E-state index contributed by atoms with van der Waals surface area (Å²) in [4.78, 5) is 23.2. The number of nitrogens with zero attached hydrogens (tertiary/aromatic N) is 2. The van der Waals surface area contributed by atoms with E-state index in [0.29, 0.717) is 5.69 Å². The van der Waals surface area contributed by atoms with Gasteiger partial charge in [-0.2, -0.15) is 5.10 Å². The molecule has 1 aromatic heterocycles. The summed E-state index contributed by atoms with van der Waals surface area (Å²) >= 11 is 0. The molecule has 110 valence electrons. The van der Waals surface area contributed by atoms with Gasteiger partial charge in [-0.3, -0.25) is 4.79 Å². The van der Waals surface area contributed by atoms with Gasteiger partial charge < -0.3 is 10.4 Å². The van der Waals surface area contributed by atoms with Crippen LogP contribution in [0.5, 0.6) is 0 Å². The Labute approximate surface area is 122 Å². The van der Waals surface area contributed by atoms with Crippen LogP contribution in [0.2, 0.25) is 0 Å². The average molecular weight is 287 g/mol. The molecule has 0 bridgehead atoms. The second-order valence-corrected chi connectivity index (χ2v) is 4.68. The molecule has 1 atom stereocenters. The van der Waals surface area contributed by atoms with Crippen molar-refractivity contribution in [2.24, 2.45) is 0 Å². The van der Waals surface area contributed by atoms with Crippen LogP contribution in [0.15, 0.2) is 36.5 Å². The van der Waals surface area contributed by atoms with Gasteiger partial charge in [0.2, 0.25) is 5.91 Å². The molecular formula is C15H17N3O3. The molecular weight excluding hydrogens is 270 g/mol. The summed E-state index contributed by atoms with van der Waals surface area (Å²) < 4.78 is 1.19. The topological polar surface area (TPSA) is 84.2 Å². The lowest BCUT2D eigenvalue weighted by molar-refractivity contribution is -0.119. The van der Waals surface area contributed by atoms with Gasteiger partial charge >= 0.3 is 5.97 Å². The quantitative estimate of drug-likeness (QED) is 0.884. The number of rotatable bonds is 5. The standard InChI is InChI=1S/C15H17N3O3/c1-3-11-4-6-12(7-5-11)17-14(19)10(2)18-13(15(20)21)8-9-16-18/h4-10H,3H2,1-2H3,(H,17,19)(H,20,21). The molecule has 0 fully saturated rings. The number of aromatic carboxylic acids is 1. The van der Waals surface area contributed by atoms with Crippen molar-refractivity contribution >= 4 is 17.6 Å². The van der Waals surface area contributed by atoms with Crippen LogP contribution < -0.4 is 5.32 Å². The Hall–Kier alpha value is -2.63. The number of aryl methyl sites for hydroxylation is 1.